The number of hydrogen-bond acceptors (Lipinski definition) is 9. The van der Waals surface area contributed by atoms with Crippen molar-refractivity contribution in [3.63, 3.8) is 0 Å². The van der Waals surface area contributed by atoms with E-state index in [0.29, 0.717) is 40.4 Å². The van der Waals surface area contributed by atoms with Crippen LogP contribution >= 0.6 is 0 Å². The monoisotopic (exact) mass is 514 g/mol. The van der Waals surface area contributed by atoms with Gasteiger partial charge in [-0.05, 0) is 24.6 Å². The lowest BCUT2D eigenvalue weighted by Gasteiger charge is -2.26. The van der Waals surface area contributed by atoms with Gasteiger partial charge in [-0.25, -0.2) is 8.42 Å². The molecule has 4 rings (SSSR count). The number of aromatic nitrogens is 1. The molecule has 0 aliphatic carbocycles. The second-order valence-corrected chi connectivity index (χ2v) is 10.5. The van der Waals surface area contributed by atoms with E-state index in [0.717, 1.165) is 45.5 Å². The molecule has 0 spiro atoms. The second-order valence-electron chi connectivity index (χ2n) is 8.48. The van der Waals surface area contributed by atoms with Crippen LogP contribution in [0.25, 0.3) is 10.9 Å². The number of sulfone groups is 1. The minimum Gasteiger partial charge on any atom is -0.493 e. The molecule has 0 unspecified atom stereocenters. The normalized spacial score (nSPS) is 14.5. The average Bonchev–Trinajstić information content (AvgIpc) is 2.86. The number of anilines is 2. The maximum atomic E-state index is 12.3. The molecule has 1 aliphatic rings. The molecule has 0 bridgehead atoms. The smallest absolute Gasteiger partial charge is 0.252 e. The summed E-state index contributed by atoms with van der Waals surface area (Å²) in [4.78, 5) is 19.0. The molecule has 0 saturated carbocycles. The van der Waals surface area contributed by atoms with Crippen LogP contribution in [0.15, 0.2) is 47.5 Å². The topological polar surface area (TPSA) is 133 Å². The summed E-state index contributed by atoms with van der Waals surface area (Å²) < 4.78 is 41.6. The molecule has 2 aromatic carbocycles. The molecule has 36 heavy (non-hydrogen) atoms. The maximum Gasteiger partial charge on any atom is 0.252 e. The van der Waals surface area contributed by atoms with E-state index in [2.05, 4.69) is 15.2 Å². The fourth-order valence-electron chi connectivity index (χ4n) is 4.12. The van der Waals surface area contributed by atoms with Gasteiger partial charge in [0.05, 0.1) is 54.3 Å². The van der Waals surface area contributed by atoms with Crippen LogP contribution in [0.2, 0.25) is 0 Å². The maximum absolute atomic E-state index is 12.3. The van der Waals surface area contributed by atoms with Gasteiger partial charge in [-0.2, -0.15) is 0 Å². The summed E-state index contributed by atoms with van der Waals surface area (Å²) in [5, 5.41) is 3.63. The Morgan fingerprint density at radius 3 is 2.64 bits per heavy atom. The van der Waals surface area contributed by atoms with E-state index >= 15 is 0 Å². The molecule has 0 atom stereocenters. The Hall–Kier alpha value is -3.41. The van der Waals surface area contributed by atoms with Crippen LogP contribution in [-0.4, -0.2) is 77.0 Å². The Balaban J connectivity index is 1.65. The van der Waals surface area contributed by atoms with Gasteiger partial charge in [-0.15, -0.1) is 0 Å². The number of amides is 1. The van der Waals surface area contributed by atoms with Gasteiger partial charge in [-0.1, -0.05) is 12.1 Å². The summed E-state index contributed by atoms with van der Waals surface area (Å²) in [6.45, 7) is 4.75. The van der Waals surface area contributed by atoms with E-state index in [1.807, 2.05) is 0 Å². The largest absolute Gasteiger partial charge is 0.493 e. The first-order valence-electron chi connectivity index (χ1n) is 11.6. The second kappa shape index (κ2) is 11.1. The van der Waals surface area contributed by atoms with Gasteiger partial charge in [0, 0.05) is 43.5 Å². The van der Waals surface area contributed by atoms with Crippen molar-refractivity contribution >= 4 is 38.0 Å². The van der Waals surface area contributed by atoms with E-state index in [4.69, 9.17) is 19.9 Å². The summed E-state index contributed by atoms with van der Waals surface area (Å²) in [6.07, 6.45) is 3.33. The number of fused-ring (bicyclic) bond motifs is 1. The first-order chi connectivity index (χ1) is 17.3. The lowest BCUT2D eigenvalue weighted by molar-refractivity contribution is 0.0357. The number of pyridine rings is 1. The first-order valence-corrected chi connectivity index (χ1v) is 13.5. The number of para-hydroxylation sites is 1. The minimum atomic E-state index is -3.53. The molecule has 1 fully saturated rings. The van der Waals surface area contributed by atoms with Crippen LogP contribution in [0, 0.1) is 0 Å². The highest BCUT2D eigenvalue weighted by molar-refractivity contribution is 7.90. The van der Waals surface area contributed by atoms with Gasteiger partial charge in [0.15, 0.2) is 21.3 Å². The Morgan fingerprint density at radius 2 is 1.94 bits per heavy atom. The third kappa shape index (κ3) is 5.86. The lowest BCUT2D eigenvalue weighted by Crippen LogP contribution is -2.37. The number of nitrogens with one attached hydrogen (secondary N) is 1. The minimum absolute atomic E-state index is 0.0950. The molecule has 1 saturated heterocycles. The van der Waals surface area contributed by atoms with E-state index in [9.17, 15) is 13.2 Å². The molecular weight excluding hydrogens is 484 g/mol. The Bertz CT molecular complexity index is 1360. The number of primary amides is 1. The van der Waals surface area contributed by atoms with Crippen molar-refractivity contribution in [3.8, 4) is 11.5 Å². The third-order valence-electron chi connectivity index (χ3n) is 5.94. The van der Waals surface area contributed by atoms with Crippen molar-refractivity contribution in [2.24, 2.45) is 5.73 Å². The van der Waals surface area contributed by atoms with Crippen molar-refractivity contribution in [1.29, 1.82) is 0 Å². The number of methoxy groups -OCH3 is 1. The molecule has 1 aromatic heterocycles. The number of carbonyl (C=O) groups excluding carboxylic acids is 1. The number of carbonyl (C=O) groups is 1. The first kappa shape index (κ1) is 25.7. The Morgan fingerprint density at radius 1 is 1.19 bits per heavy atom. The number of ether oxygens (including phenoxy) is 3. The zero-order valence-electron chi connectivity index (χ0n) is 20.3. The summed E-state index contributed by atoms with van der Waals surface area (Å²) in [6, 6.07) is 9.89. The van der Waals surface area contributed by atoms with Gasteiger partial charge in [0.25, 0.3) is 5.91 Å². The van der Waals surface area contributed by atoms with Crippen LogP contribution in [0.4, 0.5) is 11.4 Å². The third-order valence-corrected chi connectivity index (χ3v) is 7.10. The SMILES string of the molecule is COc1cc2c(Nc3ccccc3S(C)(=O)=O)c(C(N)=O)cnc2cc1OCCCN1CCOCC1. The zero-order valence-corrected chi connectivity index (χ0v) is 21.1. The molecule has 11 heteroatoms. The van der Waals surface area contributed by atoms with Gasteiger partial charge in [0.2, 0.25) is 0 Å². The average molecular weight is 515 g/mol. The molecule has 2 heterocycles. The Labute approximate surface area is 210 Å². The van der Waals surface area contributed by atoms with Crippen molar-refractivity contribution in [3.05, 3.63) is 48.2 Å². The quantitative estimate of drug-likeness (QED) is 0.392. The number of rotatable bonds is 10. The molecule has 0 radical (unpaired) electrons. The van der Waals surface area contributed by atoms with E-state index in [1.54, 1.807) is 30.3 Å². The number of benzene rings is 2. The molecule has 3 aromatic rings. The number of nitrogens with zero attached hydrogens (tertiary/aromatic N) is 2. The fraction of sp³-hybridized carbons (Fsp3) is 0.360. The summed E-state index contributed by atoms with van der Waals surface area (Å²) in [7, 11) is -2.00. The Kier molecular flexibility index (Phi) is 7.92. The number of hydrogen-bond donors (Lipinski definition) is 2. The van der Waals surface area contributed by atoms with Crippen LogP contribution in [0.3, 0.4) is 0 Å². The van der Waals surface area contributed by atoms with Crippen molar-refractivity contribution in [1.82, 2.24) is 9.88 Å². The number of nitrogens with two attached hydrogens (primary N) is 1. The summed E-state index contributed by atoms with van der Waals surface area (Å²) in [5.74, 6) is 0.275. The highest BCUT2D eigenvalue weighted by Gasteiger charge is 2.20. The van der Waals surface area contributed by atoms with Crippen molar-refractivity contribution in [2.45, 2.75) is 11.3 Å². The lowest BCUT2D eigenvalue weighted by atomic mass is 10.1. The van der Waals surface area contributed by atoms with E-state index in [-0.39, 0.29) is 10.5 Å². The predicted octanol–water partition coefficient (Wildman–Crippen LogP) is 2.59. The van der Waals surface area contributed by atoms with E-state index < -0.39 is 15.7 Å². The van der Waals surface area contributed by atoms with Crippen molar-refractivity contribution < 1.29 is 27.4 Å². The molecule has 192 valence electrons. The molecule has 10 nitrogen and oxygen atoms in total. The van der Waals surface area contributed by atoms with Crippen molar-refractivity contribution in [2.75, 3.05) is 58.1 Å². The predicted molar refractivity (Wildman–Crippen MR) is 137 cm³/mol. The highest BCUT2D eigenvalue weighted by atomic mass is 32.2. The summed E-state index contributed by atoms with van der Waals surface area (Å²) >= 11 is 0. The van der Waals surface area contributed by atoms with Crippen LogP contribution in [0.5, 0.6) is 11.5 Å². The molecule has 1 aliphatic heterocycles. The molecule has 3 N–H and O–H groups in total. The van der Waals surface area contributed by atoms with E-state index in [1.165, 1.54) is 19.4 Å². The number of morpholine rings is 1. The van der Waals surface area contributed by atoms with Gasteiger partial charge in [-0.3, -0.25) is 14.7 Å². The summed E-state index contributed by atoms with van der Waals surface area (Å²) in [5.41, 5.74) is 6.92. The standard InChI is InChI=1S/C25H30N4O6S/c1-33-21-14-17-20(15-22(21)35-11-5-8-29-9-12-34-13-10-29)27-16-18(25(26)30)24(17)28-19-6-3-4-7-23(19)36(2,31)32/h3-4,6-7,14-16H,5,8-13H2,1-2H3,(H2,26,30)(H,27,28). The molecule has 1 amide bonds. The highest BCUT2D eigenvalue weighted by Crippen LogP contribution is 2.38. The van der Waals surface area contributed by atoms with Gasteiger partial charge < -0.3 is 25.3 Å². The molecular formula is C25H30N4O6S. The van der Waals surface area contributed by atoms with Crippen LogP contribution in [-0.2, 0) is 14.6 Å². The van der Waals surface area contributed by atoms with Gasteiger partial charge in [0.1, 0.15) is 0 Å². The van der Waals surface area contributed by atoms with Crippen LogP contribution < -0.4 is 20.5 Å². The zero-order chi connectivity index (χ0) is 25.7. The van der Waals surface area contributed by atoms with Crippen LogP contribution in [0.1, 0.15) is 16.8 Å². The van der Waals surface area contributed by atoms with Gasteiger partial charge >= 0.3 is 0 Å². The fourth-order valence-corrected chi connectivity index (χ4v) is 4.96.